The smallest absolute Gasteiger partial charge is 0.251 e. The molecule has 0 radical (unpaired) electrons. The van der Waals surface area contributed by atoms with Crippen LogP contribution in [0.15, 0.2) is 18.2 Å². The Hall–Kier alpha value is -0.0400. The van der Waals surface area contributed by atoms with Gasteiger partial charge in [0.1, 0.15) is 0 Å². The number of nitrogens with one attached hydrogen (secondary N) is 2. The Morgan fingerprint density at radius 1 is 1.53 bits per heavy atom. The van der Waals surface area contributed by atoms with Crippen LogP contribution in [0, 0.1) is 9.49 Å². The molecule has 0 spiro atoms. The summed E-state index contributed by atoms with van der Waals surface area (Å²) < 4.78 is 0.960. The van der Waals surface area contributed by atoms with Crippen LogP contribution >= 0.6 is 46.6 Å². The van der Waals surface area contributed by atoms with E-state index in [1.54, 1.807) is 6.07 Å². The van der Waals surface area contributed by atoms with Crippen molar-refractivity contribution in [1.29, 1.82) is 0 Å². The van der Waals surface area contributed by atoms with Crippen LogP contribution in [0.2, 0.25) is 5.02 Å². The number of halogens is 3. The standard InChI is InChI=1S/C13H16ClIN2O.ClH/c14-11-6-10(3-4-12(11)15)13(18)17-8-9-2-1-5-16-7-9;/h3-4,6,9,16H,1-2,5,7-8H2,(H,17,18);1H. The molecular weight excluding hydrogens is 398 g/mol. The van der Waals surface area contributed by atoms with Crippen molar-refractivity contribution in [2.24, 2.45) is 5.92 Å². The van der Waals surface area contributed by atoms with Crippen LogP contribution in [-0.2, 0) is 0 Å². The molecule has 106 valence electrons. The minimum Gasteiger partial charge on any atom is -0.352 e. The largest absolute Gasteiger partial charge is 0.352 e. The summed E-state index contributed by atoms with van der Waals surface area (Å²) in [6.45, 7) is 2.82. The Morgan fingerprint density at radius 2 is 2.32 bits per heavy atom. The van der Waals surface area contributed by atoms with E-state index in [0.29, 0.717) is 16.5 Å². The van der Waals surface area contributed by atoms with E-state index in [-0.39, 0.29) is 18.3 Å². The van der Waals surface area contributed by atoms with Crippen LogP contribution in [0.4, 0.5) is 0 Å². The van der Waals surface area contributed by atoms with Gasteiger partial charge in [0.25, 0.3) is 5.91 Å². The molecule has 2 rings (SSSR count). The quantitative estimate of drug-likeness (QED) is 0.746. The fourth-order valence-electron chi connectivity index (χ4n) is 2.07. The Labute approximate surface area is 138 Å². The first-order chi connectivity index (χ1) is 8.66. The highest BCUT2D eigenvalue weighted by molar-refractivity contribution is 14.1. The van der Waals surface area contributed by atoms with Gasteiger partial charge in [-0.1, -0.05) is 11.6 Å². The van der Waals surface area contributed by atoms with Crippen LogP contribution in [0.25, 0.3) is 0 Å². The predicted molar refractivity (Wildman–Crippen MR) is 89.3 cm³/mol. The first kappa shape index (κ1) is 17.0. The lowest BCUT2D eigenvalue weighted by Gasteiger charge is -2.22. The fourth-order valence-corrected chi connectivity index (χ4v) is 2.59. The van der Waals surface area contributed by atoms with Crippen LogP contribution in [0.1, 0.15) is 23.2 Å². The second-order valence-electron chi connectivity index (χ2n) is 4.55. The van der Waals surface area contributed by atoms with Gasteiger partial charge in [0, 0.05) is 15.7 Å². The van der Waals surface area contributed by atoms with E-state index in [4.69, 9.17) is 11.6 Å². The van der Waals surface area contributed by atoms with Crippen LogP contribution in [-0.4, -0.2) is 25.5 Å². The lowest BCUT2D eigenvalue weighted by molar-refractivity contribution is 0.0945. The second-order valence-corrected chi connectivity index (χ2v) is 6.12. The fraction of sp³-hybridized carbons (Fsp3) is 0.462. The first-order valence-electron chi connectivity index (χ1n) is 6.11. The Kier molecular flexibility index (Phi) is 7.42. The maximum absolute atomic E-state index is 12.0. The van der Waals surface area contributed by atoms with Crippen LogP contribution in [0.5, 0.6) is 0 Å². The molecule has 1 atom stereocenters. The molecule has 0 saturated carbocycles. The molecule has 2 N–H and O–H groups in total. The number of rotatable bonds is 3. The molecule has 1 fully saturated rings. The molecule has 19 heavy (non-hydrogen) atoms. The predicted octanol–water partition coefficient (Wildman–Crippen LogP) is 3.10. The third-order valence-corrected chi connectivity index (χ3v) is 4.70. The van der Waals surface area contributed by atoms with Gasteiger partial charge in [-0.25, -0.2) is 0 Å². The number of amides is 1. The molecule has 3 nitrogen and oxygen atoms in total. The van der Waals surface area contributed by atoms with Gasteiger partial charge in [0.05, 0.1) is 5.02 Å². The van der Waals surface area contributed by atoms with Gasteiger partial charge in [0.15, 0.2) is 0 Å². The van der Waals surface area contributed by atoms with Gasteiger partial charge in [-0.05, 0) is 72.6 Å². The maximum atomic E-state index is 12.0. The van der Waals surface area contributed by atoms with E-state index in [1.165, 1.54) is 12.8 Å². The minimum absolute atomic E-state index is 0. The van der Waals surface area contributed by atoms with Crippen molar-refractivity contribution in [2.45, 2.75) is 12.8 Å². The summed E-state index contributed by atoms with van der Waals surface area (Å²) in [7, 11) is 0. The van der Waals surface area contributed by atoms with Gasteiger partial charge in [-0.15, -0.1) is 12.4 Å². The second kappa shape index (κ2) is 8.29. The van der Waals surface area contributed by atoms with Gasteiger partial charge in [-0.2, -0.15) is 0 Å². The topological polar surface area (TPSA) is 41.1 Å². The molecule has 1 aliphatic rings. The highest BCUT2D eigenvalue weighted by Crippen LogP contribution is 2.19. The Balaban J connectivity index is 0.00000180. The normalized spacial score (nSPS) is 18.5. The van der Waals surface area contributed by atoms with Crippen molar-refractivity contribution in [2.75, 3.05) is 19.6 Å². The Bertz CT molecular complexity index is 437. The minimum atomic E-state index is -0.0427. The van der Waals surface area contributed by atoms with E-state index >= 15 is 0 Å². The lowest BCUT2D eigenvalue weighted by Crippen LogP contribution is -2.38. The molecular formula is C13H17Cl2IN2O. The average molecular weight is 415 g/mol. The third-order valence-electron chi connectivity index (χ3n) is 3.13. The van der Waals surface area contributed by atoms with Gasteiger partial charge in [-0.3, -0.25) is 4.79 Å². The lowest BCUT2D eigenvalue weighted by atomic mass is 10.00. The maximum Gasteiger partial charge on any atom is 0.251 e. The molecule has 1 aromatic carbocycles. The van der Waals surface area contributed by atoms with Crippen molar-refractivity contribution in [1.82, 2.24) is 10.6 Å². The highest BCUT2D eigenvalue weighted by Gasteiger charge is 2.14. The molecule has 1 heterocycles. The molecule has 1 aromatic rings. The summed E-state index contributed by atoms with van der Waals surface area (Å²) >= 11 is 8.16. The molecule has 1 saturated heterocycles. The summed E-state index contributed by atoms with van der Waals surface area (Å²) in [5.74, 6) is 0.501. The van der Waals surface area contributed by atoms with E-state index in [2.05, 4.69) is 33.2 Å². The van der Waals surface area contributed by atoms with Crippen LogP contribution < -0.4 is 10.6 Å². The van der Waals surface area contributed by atoms with Crippen molar-refractivity contribution in [3.8, 4) is 0 Å². The number of benzene rings is 1. The zero-order valence-corrected chi connectivity index (χ0v) is 14.1. The summed E-state index contributed by atoms with van der Waals surface area (Å²) in [6, 6.07) is 5.39. The number of piperidine rings is 1. The molecule has 1 unspecified atom stereocenters. The van der Waals surface area contributed by atoms with Gasteiger partial charge in [0.2, 0.25) is 0 Å². The number of hydrogen-bond donors (Lipinski definition) is 2. The molecule has 1 aliphatic heterocycles. The SMILES string of the molecule is Cl.O=C(NCC1CCCNC1)c1ccc(I)c(Cl)c1. The van der Waals surface area contributed by atoms with Crippen molar-refractivity contribution < 1.29 is 4.79 Å². The van der Waals surface area contributed by atoms with Crippen molar-refractivity contribution in [3.05, 3.63) is 32.4 Å². The van der Waals surface area contributed by atoms with Gasteiger partial charge >= 0.3 is 0 Å². The van der Waals surface area contributed by atoms with Crippen molar-refractivity contribution in [3.63, 3.8) is 0 Å². The number of carbonyl (C=O) groups excluding carboxylic acids is 1. The van der Waals surface area contributed by atoms with Crippen molar-refractivity contribution >= 4 is 52.5 Å². The molecule has 0 aliphatic carbocycles. The third kappa shape index (κ3) is 5.10. The van der Waals surface area contributed by atoms with E-state index in [9.17, 15) is 4.79 Å². The molecule has 1 amide bonds. The molecule has 0 aromatic heterocycles. The Morgan fingerprint density at radius 3 is 2.95 bits per heavy atom. The van der Waals surface area contributed by atoms with E-state index < -0.39 is 0 Å². The highest BCUT2D eigenvalue weighted by atomic mass is 127. The van der Waals surface area contributed by atoms with Crippen LogP contribution in [0.3, 0.4) is 0 Å². The van der Waals surface area contributed by atoms with E-state index in [1.807, 2.05) is 12.1 Å². The summed E-state index contributed by atoms with van der Waals surface area (Å²) in [4.78, 5) is 12.0. The number of carbonyl (C=O) groups is 1. The monoisotopic (exact) mass is 414 g/mol. The average Bonchev–Trinajstić information content (AvgIpc) is 2.40. The summed E-state index contributed by atoms with van der Waals surface area (Å²) in [5.41, 5.74) is 0.629. The van der Waals surface area contributed by atoms with Gasteiger partial charge < -0.3 is 10.6 Å². The van der Waals surface area contributed by atoms with E-state index in [0.717, 1.165) is 23.2 Å². The zero-order chi connectivity index (χ0) is 13.0. The molecule has 0 bridgehead atoms. The molecule has 6 heteroatoms. The summed E-state index contributed by atoms with van der Waals surface area (Å²) in [5, 5.41) is 6.94. The zero-order valence-electron chi connectivity index (χ0n) is 10.4. The summed E-state index contributed by atoms with van der Waals surface area (Å²) in [6.07, 6.45) is 2.37. The number of hydrogen-bond acceptors (Lipinski definition) is 2. The first-order valence-corrected chi connectivity index (χ1v) is 7.56.